The summed E-state index contributed by atoms with van der Waals surface area (Å²) in [6.45, 7) is -0.161. The van der Waals surface area contributed by atoms with Crippen LogP contribution in [-0.4, -0.2) is 24.8 Å². The van der Waals surface area contributed by atoms with E-state index in [-0.39, 0.29) is 12.2 Å². The Kier molecular flexibility index (Phi) is 6.33. The molecule has 9 heteroatoms. The van der Waals surface area contributed by atoms with Crippen molar-refractivity contribution in [2.45, 2.75) is 12.3 Å². The maximum Gasteiger partial charge on any atom is 0.417 e. The number of aliphatic hydroxyl groups is 1. The fourth-order valence-electron chi connectivity index (χ4n) is 2.24. The number of anilines is 1. The van der Waals surface area contributed by atoms with E-state index in [0.29, 0.717) is 11.3 Å². The molecule has 5 nitrogen and oxygen atoms in total. The first-order chi connectivity index (χ1) is 12.2. The van der Waals surface area contributed by atoms with Gasteiger partial charge in [-0.05, 0) is 24.3 Å². The van der Waals surface area contributed by atoms with Crippen molar-refractivity contribution in [3.05, 3.63) is 58.6 Å². The lowest BCUT2D eigenvalue weighted by Crippen LogP contribution is -2.32. The number of ether oxygens (including phenoxy) is 1. The van der Waals surface area contributed by atoms with Gasteiger partial charge in [0.25, 0.3) is 0 Å². The van der Waals surface area contributed by atoms with E-state index in [4.69, 9.17) is 16.3 Å². The summed E-state index contributed by atoms with van der Waals surface area (Å²) in [5.74, 6) is 0.453. The van der Waals surface area contributed by atoms with Gasteiger partial charge in [-0.25, -0.2) is 4.79 Å². The van der Waals surface area contributed by atoms with Gasteiger partial charge in [-0.3, -0.25) is 0 Å². The van der Waals surface area contributed by atoms with Crippen LogP contribution in [0.5, 0.6) is 5.75 Å². The monoisotopic (exact) mass is 388 g/mol. The quantitative estimate of drug-likeness (QED) is 0.718. The average Bonchev–Trinajstić information content (AvgIpc) is 2.60. The van der Waals surface area contributed by atoms with E-state index in [1.807, 2.05) is 0 Å². The van der Waals surface area contributed by atoms with Gasteiger partial charge in [0.15, 0.2) is 0 Å². The number of alkyl halides is 3. The van der Waals surface area contributed by atoms with E-state index >= 15 is 0 Å². The Morgan fingerprint density at radius 3 is 2.62 bits per heavy atom. The largest absolute Gasteiger partial charge is 0.496 e. The maximum atomic E-state index is 12.8. The van der Waals surface area contributed by atoms with E-state index in [0.717, 1.165) is 12.1 Å². The van der Waals surface area contributed by atoms with Crippen molar-refractivity contribution in [2.24, 2.45) is 0 Å². The zero-order valence-electron chi connectivity index (χ0n) is 13.6. The second kappa shape index (κ2) is 8.29. The molecular formula is C17H16ClF3N2O3. The molecule has 26 heavy (non-hydrogen) atoms. The molecule has 0 heterocycles. The molecule has 2 aromatic rings. The van der Waals surface area contributed by atoms with Crippen molar-refractivity contribution in [3.63, 3.8) is 0 Å². The van der Waals surface area contributed by atoms with Crippen LogP contribution in [0.15, 0.2) is 42.5 Å². The number of nitrogens with one attached hydrogen (secondary N) is 2. The number of urea groups is 1. The smallest absolute Gasteiger partial charge is 0.417 e. The highest BCUT2D eigenvalue weighted by atomic mass is 35.5. The molecular weight excluding hydrogens is 373 g/mol. The van der Waals surface area contributed by atoms with Crippen LogP contribution in [0, 0.1) is 0 Å². The topological polar surface area (TPSA) is 70.6 Å². The lowest BCUT2D eigenvalue weighted by molar-refractivity contribution is -0.137. The van der Waals surface area contributed by atoms with Crippen molar-refractivity contribution in [1.29, 1.82) is 0 Å². The van der Waals surface area contributed by atoms with Gasteiger partial charge in [0.05, 0.1) is 23.8 Å². The predicted octanol–water partition coefficient (Wildman–Crippen LogP) is 4.22. The second-order valence-electron chi connectivity index (χ2n) is 5.29. The number of hydrogen-bond donors (Lipinski definition) is 3. The number of aliphatic hydroxyl groups excluding tert-OH is 1. The number of carbonyl (C=O) groups excluding carboxylic acids is 1. The Morgan fingerprint density at radius 2 is 1.96 bits per heavy atom. The Hall–Kier alpha value is -2.45. The van der Waals surface area contributed by atoms with Crippen LogP contribution in [0.25, 0.3) is 0 Å². The van der Waals surface area contributed by atoms with Crippen LogP contribution in [0.4, 0.5) is 23.7 Å². The van der Waals surface area contributed by atoms with E-state index < -0.39 is 28.9 Å². The minimum atomic E-state index is -4.63. The van der Waals surface area contributed by atoms with E-state index in [1.165, 1.54) is 13.2 Å². The summed E-state index contributed by atoms with van der Waals surface area (Å²) in [6.07, 6.45) is -5.68. The third-order valence-corrected chi connectivity index (χ3v) is 3.81. The molecule has 2 amide bonds. The molecule has 1 atom stereocenters. The van der Waals surface area contributed by atoms with Crippen molar-refractivity contribution < 1.29 is 27.8 Å². The van der Waals surface area contributed by atoms with Crippen LogP contribution >= 0.6 is 11.6 Å². The van der Waals surface area contributed by atoms with Gasteiger partial charge in [0, 0.05) is 17.8 Å². The van der Waals surface area contributed by atoms with Crippen LogP contribution in [0.3, 0.4) is 0 Å². The lowest BCUT2D eigenvalue weighted by Gasteiger charge is -2.16. The summed E-state index contributed by atoms with van der Waals surface area (Å²) in [6, 6.07) is 8.98. The number of methoxy groups -OCH3 is 1. The lowest BCUT2D eigenvalue weighted by atomic mass is 10.1. The molecule has 0 radical (unpaired) electrons. The molecule has 0 aliphatic rings. The highest BCUT2D eigenvalue weighted by Crippen LogP contribution is 2.36. The fraction of sp³-hybridized carbons (Fsp3) is 0.235. The molecule has 0 aliphatic carbocycles. The molecule has 0 saturated heterocycles. The SMILES string of the molecule is COc1ccccc1[C@H](O)CNC(=O)Nc1ccc(Cl)c(C(F)(F)F)c1. The third-order valence-electron chi connectivity index (χ3n) is 3.48. The first kappa shape index (κ1) is 19.9. The summed E-state index contributed by atoms with van der Waals surface area (Å²) in [5.41, 5.74) is -0.654. The summed E-state index contributed by atoms with van der Waals surface area (Å²) < 4.78 is 43.6. The summed E-state index contributed by atoms with van der Waals surface area (Å²) in [7, 11) is 1.45. The highest BCUT2D eigenvalue weighted by molar-refractivity contribution is 6.31. The van der Waals surface area contributed by atoms with Gasteiger partial charge >= 0.3 is 12.2 Å². The van der Waals surface area contributed by atoms with Crippen LogP contribution in [-0.2, 0) is 6.18 Å². The summed E-state index contributed by atoms with van der Waals surface area (Å²) in [4.78, 5) is 11.9. The maximum absolute atomic E-state index is 12.8. The molecule has 2 aromatic carbocycles. The van der Waals surface area contributed by atoms with Crippen molar-refractivity contribution >= 4 is 23.3 Å². The van der Waals surface area contributed by atoms with Crippen molar-refractivity contribution in [2.75, 3.05) is 19.0 Å². The second-order valence-corrected chi connectivity index (χ2v) is 5.69. The molecule has 2 rings (SSSR count). The fourth-order valence-corrected chi connectivity index (χ4v) is 2.46. The summed E-state index contributed by atoms with van der Waals surface area (Å²) >= 11 is 5.52. The Morgan fingerprint density at radius 1 is 1.27 bits per heavy atom. The molecule has 3 N–H and O–H groups in total. The zero-order valence-corrected chi connectivity index (χ0v) is 14.4. The predicted molar refractivity (Wildman–Crippen MR) is 91.4 cm³/mol. The van der Waals surface area contributed by atoms with Crippen LogP contribution < -0.4 is 15.4 Å². The van der Waals surface area contributed by atoms with Crippen molar-refractivity contribution in [1.82, 2.24) is 5.32 Å². The van der Waals surface area contributed by atoms with Gasteiger partial charge in [-0.2, -0.15) is 13.2 Å². The number of benzene rings is 2. The van der Waals surface area contributed by atoms with Crippen molar-refractivity contribution in [3.8, 4) is 5.75 Å². The first-order valence-corrected chi connectivity index (χ1v) is 7.82. The minimum absolute atomic E-state index is 0.0778. The Balaban J connectivity index is 1.99. The number of carbonyl (C=O) groups is 1. The van der Waals surface area contributed by atoms with E-state index in [1.54, 1.807) is 24.3 Å². The number of hydrogen-bond acceptors (Lipinski definition) is 3. The highest BCUT2D eigenvalue weighted by Gasteiger charge is 2.33. The molecule has 0 bridgehead atoms. The Bertz CT molecular complexity index is 784. The molecule has 0 saturated carbocycles. The van der Waals surface area contributed by atoms with Crippen LogP contribution in [0.2, 0.25) is 5.02 Å². The number of halogens is 4. The van der Waals surface area contributed by atoms with Gasteiger partial charge < -0.3 is 20.5 Å². The molecule has 0 aliphatic heterocycles. The number of para-hydroxylation sites is 1. The van der Waals surface area contributed by atoms with E-state index in [9.17, 15) is 23.1 Å². The normalized spacial score (nSPS) is 12.4. The van der Waals surface area contributed by atoms with Gasteiger partial charge in [0.1, 0.15) is 5.75 Å². The number of amides is 2. The van der Waals surface area contributed by atoms with Crippen LogP contribution in [0.1, 0.15) is 17.2 Å². The standard InChI is InChI=1S/C17H16ClF3N2O3/c1-26-15-5-3-2-4-11(15)14(24)9-22-16(25)23-10-6-7-13(18)12(8-10)17(19,20)21/h2-8,14,24H,9H2,1H3,(H2,22,23,25)/t14-/m1/s1. The van der Waals surface area contributed by atoms with Gasteiger partial charge in [-0.1, -0.05) is 29.8 Å². The molecule has 0 fully saturated rings. The van der Waals surface area contributed by atoms with Gasteiger partial charge in [0.2, 0.25) is 0 Å². The molecule has 0 aromatic heterocycles. The summed E-state index contributed by atoms with van der Waals surface area (Å²) in [5, 5.41) is 14.3. The first-order valence-electron chi connectivity index (χ1n) is 7.45. The molecule has 140 valence electrons. The third kappa shape index (κ3) is 5.03. The average molecular weight is 389 g/mol. The number of rotatable bonds is 5. The van der Waals surface area contributed by atoms with E-state index in [2.05, 4.69) is 10.6 Å². The molecule has 0 unspecified atom stereocenters. The van der Waals surface area contributed by atoms with Gasteiger partial charge in [-0.15, -0.1) is 0 Å². The Labute approximate surface area is 152 Å². The zero-order chi connectivity index (χ0) is 19.3. The molecule has 0 spiro atoms. The minimum Gasteiger partial charge on any atom is -0.496 e.